The van der Waals surface area contributed by atoms with E-state index in [2.05, 4.69) is 11.6 Å². The van der Waals surface area contributed by atoms with Crippen molar-refractivity contribution in [2.24, 2.45) is 0 Å². The zero-order valence-electron chi connectivity index (χ0n) is 7.35. The molecule has 0 atom stereocenters. The normalized spacial score (nSPS) is 14.3. The molecule has 2 heterocycles. The summed E-state index contributed by atoms with van der Waals surface area (Å²) in [7, 11) is 0. The van der Waals surface area contributed by atoms with Crippen molar-refractivity contribution in [2.75, 3.05) is 0 Å². The second kappa shape index (κ2) is 2.34. The summed E-state index contributed by atoms with van der Waals surface area (Å²) in [6.45, 7) is 8.52. The third-order valence-corrected chi connectivity index (χ3v) is 2.26. The molecule has 2 nitrogen and oxygen atoms in total. The van der Waals surface area contributed by atoms with Gasteiger partial charge >= 0.3 is 0 Å². The zero-order chi connectivity index (χ0) is 8.72. The van der Waals surface area contributed by atoms with Gasteiger partial charge in [0.05, 0.1) is 0 Å². The summed E-state index contributed by atoms with van der Waals surface area (Å²) in [5, 5.41) is 0. The van der Waals surface area contributed by atoms with E-state index in [1.54, 1.807) is 0 Å². The van der Waals surface area contributed by atoms with Crippen LogP contribution in [-0.2, 0) is 11.3 Å². The summed E-state index contributed by atoms with van der Waals surface area (Å²) in [4.78, 5) is 4.26. The van der Waals surface area contributed by atoms with E-state index in [0.717, 1.165) is 17.0 Å². The number of aromatic nitrogens is 1. The second-order valence-electron chi connectivity index (χ2n) is 3.09. The van der Waals surface area contributed by atoms with Crippen LogP contribution < -0.4 is 0 Å². The van der Waals surface area contributed by atoms with E-state index < -0.39 is 0 Å². The van der Waals surface area contributed by atoms with Crippen molar-refractivity contribution < 1.29 is 4.74 Å². The third-order valence-electron chi connectivity index (χ3n) is 2.26. The molecule has 1 aromatic rings. The molecular weight excluding hydrogens is 150 g/mol. The Morgan fingerprint density at radius 2 is 2.25 bits per heavy atom. The molecule has 2 rings (SSSR count). The maximum atomic E-state index is 5.35. The molecule has 1 aliphatic rings. The van der Waals surface area contributed by atoms with Gasteiger partial charge in [0.2, 0.25) is 0 Å². The number of rotatable bonds is 0. The molecule has 0 aliphatic carbocycles. The summed E-state index contributed by atoms with van der Waals surface area (Å²) in [5.41, 5.74) is 4.55. The van der Waals surface area contributed by atoms with Crippen LogP contribution >= 0.6 is 0 Å². The molecule has 0 saturated carbocycles. The molecule has 12 heavy (non-hydrogen) atoms. The van der Waals surface area contributed by atoms with Crippen LogP contribution in [0.4, 0.5) is 0 Å². The minimum atomic E-state index is 0.656. The lowest BCUT2D eigenvalue weighted by Crippen LogP contribution is -1.93. The van der Waals surface area contributed by atoms with Crippen molar-refractivity contribution in [3.05, 3.63) is 35.2 Å². The number of fused-ring (bicyclic) bond motifs is 1. The largest absolute Gasteiger partial charge is 0.489 e. The average molecular weight is 161 g/mol. The van der Waals surface area contributed by atoms with E-state index >= 15 is 0 Å². The Bertz CT molecular complexity index is 355. The average Bonchev–Trinajstić information content (AvgIpc) is 2.42. The fraction of sp³-hybridized carbons (Fsp3) is 0.300. The van der Waals surface area contributed by atoms with E-state index in [-0.39, 0.29) is 0 Å². The summed E-state index contributed by atoms with van der Waals surface area (Å²) < 4.78 is 5.35. The quantitative estimate of drug-likeness (QED) is 0.582. The molecule has 0 N–H and O–H groups in total. The van der Waals surface area contributed by atoms with Gasteiger partial charge in [-0.3, -0.25) is 4.98 Å². The number of nitrogens with zero attached hydrogens (tertiary/aromatic N) is 1. The molecule has 0 saturated heterocycles. The highest BCUT2D eigenvalue weighted by Crippen LogP contribution is 2.31. The summed E-state index contributed by atoms with van der Waals surface area (Å²) in [5.74, 6) is 0.763. The minimum absolute atomic E-state index is 0.656. The molecule has 0 amide bonds. The molecule has 0 fully saturated rings. The highest BCUT2D eigenvalue weighted by atomic mass is 16.5. The van der Waals surface area contributed by atoms with Gasteiger partial charge in [-0.2, -0.15) is 0 Å². The summed E-state index contributed by atoms with van der Waals surface area (Å²) in [6.07, 6.45) is 1.89. The fourth-order valence-corrected chi connectivity index (χ4v) is 1.54. The van der Waals surface area contributed by atoms with Gasteiger partial charge in [0, 0.05) is 23.0 Å². The van der Waals surface area contributed by atoms with Crippen molar-refractivity contribution in [1.82, 2.24) is 4.98 Å². The maximum absolute atomic E-state index is 5.35. The first-order chi connectivity index (χ1) is 5.70. The predicted octanol–water partition coefficient (Wildman–Crippen LogP) is 2.20. The van der Waals surface area contributed by atoms with Crippen LogP contribution in [0.1, 0.15) is 22.4 Å². The Balaban J connectivity index is 2.72. The van der Waals surface area contributed by atoms with E-state index in [9.17, 15) is 0 Å². The lowest BCUT2D eigenvalue weighted by molar-refractivity contribution is 0.286. The highest BCUT2D eigenvalue weighted by molar-refractivity contribution is 5.67. The molecule has 0 radical (unpaired) electrons. The van der Waals surface area contributed by atoms with E-state index in [1.165, 1.54) is 11.1 Å². The monoisotopic (exact) mass is 161 g/mol. The van der Waals surface area contributed by atoms with Crippen LogP contribution in [0.3, 0.4) is 0 Å². The SMILES string of the molecule is C=C1OCc2c(C)cnc(C)c21. The van der Waals surface area contributed by atoms with Crippen LogP contribution in [-0.4, -0.2) is 4.98 Å². The van der Waals surface area contributed by atoms with Gasteiger partial charge in [0.15, 0.2) is 0 Å². The van der Waals surface area contributed by atoms with E-state index in [0.29, 0.717) is 6.61 Å². The minimum Gasteiger partial charge on any atom is -0.489 e. The first-order valence-corrected chi connectivity index (χ1v) is 3.97. The first-order valence-electron chi connectivity index (χ1n) is 3.97. The number of hydrogen-bond donors (Lipinski definition) is 0. The number of ether oxygens (including phenoxy) is 1. The van der Waals surface area contributed by atoms with Gasteiger partial charge < -0.3 is 4.74 Å². The molecule has 0 spiro atoms. The van der Waals surface area contributed by atoms with E-state index in [4.69, 9.17) is 4.74 Å². The Hall–Kier alpha value is -1.31. The molecule has 2 heteroatoms. The predicted molar refractivity (Wildman–Crippen MR) is 47.5 cm³/mol. The molecule has 0 aromatic carbocycles. The van der Waals surface area contributed by atoms with Crippen LogP contribution in [0.15, 0.2) is 12.8 Å². The molecule has 1 aromatic heterocycles. The van der Waals surface area contributed by atoms with Crippen LogP contribution in [0.25, 0.3) is 5.76 Å². The smallest absolute Gasteiger partial charge is 0.122 e. The Morgan fingerprint density at radius 3 is 2.92 bits per heavy atom. The van der Waals surface area contributed by atoms with Crippen molar-refractivity contribution in [1.29, 1.82) is 0 Å². The third kappa shape index (κ3) is 0.843. The number of hydrogen-bond acceptors (Lipinski definition) is 2. The maximum Gasteiger partial charge on any atom is 0.122 e. The standard InChI is InChI=1S/C10H11NO/c1-6-4-11-7(2)10-8(3)12-5-9(6)10/h4H,3,5H2,1-2H3. The molecule has 0 unspecified atom stereocenters. The lowest BCUT2D eigenvalue weighted by Gasteiger charge is -2.02. The Labute approximate surface area is 71.9 Å². The number of pyridine rings is 1. The first kappa shape index (κ1) is 7.35. The van der Waals surface area contributed by atoms with Crippen molar-refractivity contribution in [3.63, 3.8) is 0 Å². The summed E-state index contributed by atoms with van der Waals surface area (Å²) in [6, 6.07) is 0. The second-order valence-corrected chi connectivity index (χ2v) is 3.09. The fourth-order valence-electron chi connectivity index (χ4n) is 1.54. The van der Waals surface area contributed by atoms with E-state index in [1.807, 2.05) is 20.0 Å². The topological polar surface area (TPSA) is 22.1 Å². The Kier molecular flexibility index (Phi) is 1.43. The van der Waals surface area contributed by atoms with Crippen LogP contribution in [0, 0.1) is 13.8 Å². The van der Waals surface area contributed by atoms with Gasteiger partial charge in [-0.15, -0.1) is 0 Å². The van der Waals surface area contributed by atoms with Gasteiger partial charge in [-0.25, -0.2) is 0 Å². The van der Waals surface area contributed by atoms with Gasteiger partial charge in [-0.1, -0.05) is 6.58 Å². The zero-order valence-corrected chi connectivity index (χ0v) is 7.35. The summed E-state index contributed by atoms with van der Waals surface area (Å²) >= 11 is 0. The molecular formula is C10H11NO. The van der Waals surface area contributed by atoms with Crippen LogP contribution in [0.5, 0.6) is 0 Å². The van der Waals surface area contributed by atoms with Crippen molar-refractivity contribution in [2.45, 2.75) is 20.5 Å². The molecule has 0 bridgehead atoms. The van der Waals surface area contributed by atoms with Crippen molar-refractivity contribution in [3.8, 4) is 0 Å². The van der Waals surface area contributed by atoms with Crippen molar-refractivity contribution >= 4 is 5.76 Å². The number of aryl methyl sites for hydroxylation is 2. The van der Waals surface area contributed by atoms with Gasteiger partial charge in [0.1, 0.15) is 12.4 Å². The van der Waals surface area contributed by atoms with Gasteiger partial charge in [-0.05, 0) is 19.4 Å². The lowest BCUT2D eigenvalue weighted by atomic mass is 10.0. The van der Waals surface area contributed by atoms with Gasteiger partial charge in [0.25, 0.3) is 0 Å². The molecule has 1 aliphatic heterocycles. The Morgan fingerprint density at radius 1 is 1.50 bits per heavy atom. The highest BCUT2D eigenvalue weighted by Gasteiger charge is 2.20. The van der Waals surface area contributed by atoms with Crippen LogP contribution in [0.2, 0.25) is 0 Å². The molecule has 62 valence electrons.